The predicted molar refractivity (Wildman–Crippen MR) is 82.2 cm³/mol. The number of hydrogen-bond acceptors (Lipinski definition) is 3. The summed E-state index contributed by atoms with van der Waals surface area (Å²) in [6.07, 6.45) is 1.05. The van der Waals surface area contributed by atoms with Gasteiger partial charge in [-0.2, -0.15) is 0 Å². The van der Waals surface area contributed by atoms with E-state index in [1.54, 1.807) is 0 Å². The van der Waals surface area contributed by atoms with E-state index in [4.69, 9.17) is 4.74 Å². The molecule has 110 valence electrons. The summed E-state index contributed by atoms with van der Waals surface area (Å²) in [6.45, 7) is 12.3. The van der Waals surface area contributed by atoms with Crippen molar-refractivity contribution in [2.24, 2.45) is 0 Å². The molecule has 0 amide bonds. The molecule has 3 rings (SSSR count). The summed E-state index contributed by atoms with van der Waals surface area (Å²) in [5, 5.41) is 3.52. The van der Waals surface area contributed by atoms with Gasteiger partial charge in [-0.25, -0.2) is 0 Å². The lowest BCUT2D eigenvalue weighted by Gasteiger charge is -2.51. The Hall–Kier alpha value is -1.06. The van der Waals surface area contributed by atoms with Crippen LogP contribution in [-0.2, 0) is 0 Å². The molecule has 0 bridgehead atoms. The van der Waals surface area contributed by atoms with Gasteiger partial charge in [-0.05, 0) is 33.8 Å². The topological polar surface area (TPSA) is 24.5 Å². The Labute approximate surface area is 122 Å². The van der Waals surface area contributed by atoms with E-state index in [-0.39, 0.29) is 11.1 Å². The van der Waals surface area contributed by atoms with Gasteiger partial charge in [-0.1, -0.05) is 18.2 Å². The lowest BCUT2D eigenvalue weighted by molar-refractivity contribution is -0.0188. The summed E-state index contributed by atoms with van der Waals surface area (Å²) < 4.78 is 6.17. The normalized spacial score (nSPS) is 28.5. The van der Waals surface area contributed by atoms with Gasteiger partial charge in [-0.15, -0.1) is 0 Å². The van der Waals surface area contributed by atoms with Crippen LogP contribution in [0.5, 0.6) is 5.75 Å². The summed E-state index contributed by atoms with van der Waals surface area (Å²) in [5.74, 6) is 1.06. The average Bonchev–Trinajstić information content (AvgIpc) is 2.36. The van der Waals surface area contributed by atoms with Crippen LogP contribution in [0.2, 0.25) is 0 Å². The maximum atomic E-state index is 6.17. The van der Waals surface area contributed by atoms with Crippen molar-refractivity contribution < 1.29 is 4.74 Å². The van der Waals surface area contributed by atoms with Gasteiger partial charge in [0, 0.05) is 43.2 Å². The zero-order valence-corrected chi connectivity index (χ0v) is 13.1. The minimum atomic E-state index is -0.0972. The van der Waals surface area contributed by atoms with E-state index in [0.29, 0.717) is 6.04 Å². The molecule has 1 unspecified atom stereocenters. The minimum absolute atomic E-state index is 0.0972. The van der Waals surface area contributed by atoms with Crippen LogP contribution >= 0.6 is 0 Å². The quantitative estimate of drug-likeness (QED) is 0.852. The third-order valence-corrected chi connectivity index (χ3v) is 4.59. The number of nitrogens with one attached hydrogen (secondary N) is 1. The molecular weight excluding hydrogens is 248 g/mol. The summed E-state index contributed by atoms with van der Waals surface area (Å²) >= 11 is 0. The van der Waals surface area contributed by atoms with E-state index in [2.05, 4.69) is 62.2 Å². The third kappa shape index (κ3) is 2.45. The van der Waals surface area contributed by atoms with Crippen molar-refractivity contribution in [3.05, 3.63) is 29.8 Å². The molecule has 3 heteroatoms. The molecule has 2 aliphatic heterocycles. The monoisotopic (exact) mass is 274 g/mol. The van der Waals surface area contributed by atoms with Crippen LogP contribution in [0.3, 0.4) is 0 Å². The number of rotatable bonds is 1. The van der Waals surface area contributed by atoms with Gasteiger partial charge in [0.1, 0.15) is 11.4 Å². The largest absolute Gasteiger partial charge is 0.487 e. The highest BCUT2D eigenvalue weighted by Crippen LogP contribution is 2.44. The molecule has 1 saturated heterocycles. The minimum Gasteiger partial charge on any atom is -0.487 e. The number of fused-ring (bicyclic) bond motifs is 1. The number of hydrogen-bond donors (Lipinski definition) is 1. The van der Waals surface area contributed by atoms with Crippen LogP contribution in [-0.4, -0.2) is 35.7 Å². The molecule has 0 radical (unpaired) electrons. The lowest BCUT2D eigenvalue weighted by Crippen LogP contribution is -2.60. The molecule has 1 aromatic carbocycles. The summed E-state index contributed by atoms with van der Waals surface area (Å²) in [6, 6.07) is 8.99. The zero-order chi connectivity index (χ0) is 14.4. The van der Waals surface area contributed by atoms with Gasteiger partial charge >= 0.3 is 0 Å². The highest BCUT2D eigenvalue weighted by molar-refractivity contribution is 5.39. The zero-order valence-electron chi connectivity index (χ0n) is 13.1. The van der Waals surface area contributed by atoms with Crippen molar-refractivity contribution in [3.8, 4) is 5.75 Å². The molecule has 2 heterocycles. The Morgan fingerprint density at radius 1 is 1.20 bits per heavy atom. The summed E-state index contributed by atoms with van der Waals surface area (Å²) in [7, 11) is 0. The number of nitrogens with zero attached hydrogens (tertiary/aromatic N) is 1. The molecule has 1 aromatic rings. The Kier molecular flexibility index (Phi) is 3.30. The first-order valence-corrected chi connectivity index (χ1v) is 7.64. The van der Waals surface area contributed by atoms with E-state index in [1.165, 1.54) is 5.56 Å². The van der Waals surface area contributed by atoms with Crippen LogP contribution in [0.25, 0.3) is 0 Å². The first kappa shape index (κ1) is 13.9. The van der Waals surface area contributed by atoms with Crippen molar-refractivity contribution in [1.29, 1.82) is 0 Å². The second-order valence-electron chi connectivity index (χ2n) is 7.30. The highest BCUT2D eigenvalue weighted by Gasteiger charge is 2.42. The van der Waals surface area contributed by atoms with Gasteiger partial charge in [0.2, 0.25) is 0 Å². The standard InChI is InChI=1S/C17H26N2O/c1-16(2)12-18-9-10-19(16)14-11-17(3,4)20-15-8-6-5-7-13(14)15/h5-8,14,18H,9-12H2,1-4H3. The Morgan fingerprint density at radius 3 is 2.70 bits per heavy atom. The van der Waals surface area contributed by atoms with E-state index >= 15 is 0 Å². The van der Waals surface area contributed by atoms with E-state index < -0.39 is 0 Å². The SMILES string of the molecule is CC1(C)CC(N2CCNCC2(C)C)c2ccccc2O1. The van der Waals surface area contributed by atoms with Crippen LogP contribution < -0.4 is 10.1 Å². The number of ether oxygens (including phenoxy) is 1. The molecule has 0 saturated carbocycles. The molecule has 0 aliphatic carbocycles. The molecule has 1 N–H and O–H groups in total. The molecule has 20 heavy (non-hydrogen) atoms. The highest BCUT2D eigenvalue weighted by atomic mass is 16.5. The molecule has 0 aromatic heterocycles. The van der Waals surface area contributed by atoms with Crippen molar-refractivity contribution in [2.75, 3.05) is 19.6 Å². The van der Waals surface area contributed by atoms with Crippen LogP contribution in [0, 0.1) is 0 Å². The Morgan fingerprint density at radius 2 is 1.95 bits per heavy atom. The molecule has 3 nitrogen and oxygen atoms in total. The van der Waals surface area contributed by atoms with E-state index in [1.807, 2.05) is 0 Å². The summed E-state index contributed by atoms with van der Waals surface area (Å²) in [5.41, 5.74) is 1.44. The van der Waals surface area contributed by atoms with Crippen molar-refractivity contribution >= 4 is 0 Å². The molecule has 2 aliphatic rings. The third-order valence-electron chi connectivity index (χ3n) is 4.59. The van der Waals surface area contributed by atoms with Crippen molar-refractivity contribution in [1.82, 2.24) is 10.2 Å². The van der Waals surface area contributed by atoms with Crippen LogP contribution in [0.15, 0.2) is 24.3 Å². The number of para-hydroxylation sites is 1. The van der Waals surface area contributed by atoms with E-state index in [0.717, 1.165) is 31.8 Å². The molecule has 1 atom stereocenters. The van der Waals surface area contributed by atoms with Crippen LogP contribution in [0.4, 0.5) is 0 Å². The van der Waals surface area contributed by atoms with Gasteiger partial charge in [0.25, 0.3) is 0 Å². The van der Waals surface area contributed by atoms with Gasteiger partial charge in [-0.3, -0.25) is 4.90 Å². The van der Waals surface area contributed by atoms with Gasteiger partial charge < -0.3 is 10.1 Å². The number of piperazine rings is 1. The Bertz CT molecular complexity index is 496. The molecule has 1 fully saturated rings. The maximum Gasteiger partial charge on any atom is 0.124 e. The first-order valence-electron chi connectivity index (χ1n) is 7.64. The second-order valence-corrected chi connectivity index (χ2v) is 7.30. The smallest absolute Gasteiger partial charge is 0.124 e. The molecular formula is C17H26N2O. The van der Waals surface area contributed by atoms with E-state index in [9.17, 15) is 0 Å². The van der Waals surface area contributed by atoms with Gasteiger partial charge in [0.15, 0.2) is 0 Å². The summed E-state index contributed by atoms with van der Waals surface area (Å²) in [4.78, 5) is 2.66. The number of benzene rings is 1. The maximum absolute atomic E-state index is 6.17. The predicted octanol–water partition coefficient (Wildman–Crippen LogP) is 2.97. The fourth-order valence-corrected chi connectivity index (χ4v) is 3.62. The molecule has 0 spiro atoms. The Balaban J connectivity index is 2.00. The lowest BCUT2D eigenvalue weighted by atomic mass is 9.85. The van der Waals surface area contributed by atoms with Crippen molar-refractivity contribution in [3.63, 3.8) is 0 Å². The average molecular weight is 274 g/mol. The fourth-order valence-electron chi connectivity index (χ4n) is 3.62. The van der Waals surface area contributed by atoms with Crippen LogP contribution in [0.1, 0.15) is 45.7 Å². The fraction of sp³-hybridized carbons (Fsp3) is 0.647. The van der Waals surface area contributed by atoms with Crippen molar-refractivity contribution in [2.45, 2.75) is 51.3 Å². The van der Waals surface area contributed by atoms with Gasteiger partial charge in [0.05, 0.1) is 0 Å². The first-order chi connectivity index (χ1) is 9.39. The second kappa shape index (κ2) is 4.74.